The lowest BCUT2D eigenvalue weighted by atomic mass is 9.94. The Morgan fingerprint density at radius 2 is 1.15 bits per heavy atom. The Labute approximate surface area is 308 Å². The average molecular weight is 684 g/mol. The van der Waals surface area contributed by atoms with Gasteiger partial charge in [-0.15, -0.1) is 0 Å². The number of hydrogen-bond donors (Lipinski definition) is 2. The molecule has 0 saturated carbocycles. The zero-order valence-corrected chi connectivity index (χ0v) is 29.3. The SMILES string of the molecule is Cc1ccccc1.N=C(N=C(N)c1ccccc1)c1ccnc(-n2c3cc(-c4ccccc4)ccc3c3c4ccccc4c(-c4ccccc4)cc32)c1. The second kappa shape index (κ2) is 14.6. The molecule has 53 heavy (non-hydrogen) atoms. The van der Waals surface area contributed by atoms with Gasteiger partial charge in [-0.2, -0.15) is 0 Å². The summed E-state index contributed by atoms with van der Waals surface area (Å²) in [6.45, 7) is 2.08. The first-order valence-electron chi connectivity index (χ1n) is 17.6. The van der Waals surface area contributed by atoms with E-state index in [-0.39, 0.29) is 5.84 Å². The lowest BCUT2D eigenvalue weighted by Crippen LogP contribution is -2.16. The van der Waals surface area contributed by atoms with Gasteiger partial charge in [-0.3, -0.25) is 9.98 Å². The first-order chi connectivity index (χ1) is 26.0. The molecule has 3 N–H and O–H groups in total. The van der Waals surface area contributed by atoms with Gasteiger partial charge in [0.15, 0.2) is 5.84 Å². The van der Waals surface area contributed by atoms with E-state index >= 15 is 0 Å². The third kappa shape index (κ3) is 6.72. The Bertz CT molecular complexity index is 2730. The number of aliphatic imine (C=N–C) groups is 1. The van der Waals surface area contributed by atoms with Gasteiger partial charge in [-0.05, 0) is 64.2 Å². The maximum Gasteiger partial charge on any atom is 0.154 e. The van der Waals surface area contributed by atoms with Crippen molar-refractivity contribution in [1.82, 2.24) is 9.55 Å². The molecule has 0 atom stereocenters. The maximum atomic E-state index is 8.85. The predicted molar refractivity (Wildman–Crippen MR) is 222 cm³/mol. The molecule has 0 bridgehead atoms. The Morgan fingerprint density at radius 3 is 1.81 bits per heavy atom. The number of benzene rings is 7. The third-order valence-corrected chi connectivity index (χ3v) is 9.45. The summed E-state index contributed by atoms with van der Waals surface area (Å²) in [5, 5.41) is 13.5. The summed E-state index contributed by atoms with van der Waals surface area (Å²) in [6.07, 6.45) is 1.74. The molecule has 0 spiro atoms. The van der Waals surface area contributed by atoms with Crippen LogP contribution < -0.4 is 5.73 Å². The zero-order valence-electron chi connectivity index (χ0n) is 29.3. The van der Waals surface area contributed by atoms with Crippen LogP contribution in [0, 0.1) is 12.3 Å². The molecule has 0 saturated heterocycles. The Balaban J connectivity index is 0.000000515. The number of nitrogens with one attached hydrogen (secondary N) is 1. The summed E-state index contributed by atoms with van der Waals surface area (Å²) in [4.78, 5) is 9.33. The summed E-state index contributed by atoms with van der Waals surface area (Å²) < 4.78 is 2.22. The Kier molecular flexibility index (Phi) is 9.12. The van der Waals surface area contributed by atoms with Gasteiger partial charge >= 0.3 is 0 Å². The van der Waals surface area contributed by atoms with E-state index in [0.717, 1.165) is 44.2 Å². The third-order valence-electron chi connectivity index (χ3n) is 9.45. The predicted octanol–water partition coefficient (Wildman–Crippen LogP) is 11.4. The number of amidine groups is 2. The van der Waals surface area contributed by atoms with E-state index in [1.165, 1.54) is 21.7 Å². The number of rotatable bonds is 5. The quantitative estimate of drug-likeness (QED) is 0.140. The van der Waals surface area contributed by atoms with E-state index in [4.69, 9.17) is 16.1 Å². The summed E-state index contributed by atoms with van der Waals surface area (Å²) in [5.74, 6) is 1.08. The fraction of sp³-hybridized carbons (Fsp3) is 0.0208. The number of pyridine rings is 1. The van der Waals surface area contributed by atoms with Gasteiger partial charge < -0.3 is 5.73 Å². The molecule has 0 unspecified atom stereocenters. The first kappa shape index (κ1) is 33.1. The Morgan fingerprint density at radius 1 is 0.547 bits per heavy atom. The van der Waals surface area contributed by atoms with Crippen LogP contribution in [0.4, 0.5) is 0 Å². The fourth-order valence-corrected chi connectivity index (χ4v) is 6.87. The number of aryl methyl sites for hydroxylation is 1. The van der Waals surface area contributed by atoms with Gasteiger partial charge in [0.1, 0.15) is 11.7 Å². The van der Waals surface area contributed by atoms with Gasteiger partial charge in [0.25, 0.3) is 0 Å². The number of nitrogens with two attached hydrogens (primary N) is 1. The van der Waals surface area contributed by atoms with Crippen LogP contribution in [0.25, 0.3) is 60.6 Å². The van der Waals surface area contributed by atoms with Crippen LogP contribution >= 0.6 is 0 Å². The van der Waals surface area contributed by atoms with Crippen molar-refractivity contribution in [1.29, 1.82) is 5.41 Å². The van der Waals surface area contributed by atoms with Crippen LogP contribution in [0.5, 0.6) is 0 Å². The van der Waals surface area contributed by atoms with Crippen molar-refractivity contribution in [3.8, 4) is 28.1 Å². The van der Waals surface area contributed by atoms with Gasteiger partial charge in [0.2, 0.25) is 0 Å². The smallest absolute Gasteiger partial charge is 0.154 e. The van der Waals surface area contributed by atoms with Crippen LogP contribution in [0.3, 0.4) is 0 Å². The van der Waals surface area contributed by atoms with Crippen LogP contribution in [0.15, 0.2) is 193 Å². The van der Waals surface area contributed by atoms with Crippen LogP contribution in [-0.2, 0) is 0 Å². The molecule has 9 aromatic rings. The average Bonchev–Trinajstić information content (AvgIpc) is 3.56. The van der Waals surface area contributed by atoms with Crippen molar-refractivity contribution in [3.63, 3.8) is 0 Å². The van der Waals surface area contributed by atoms with Gasteiger partial charge in [0, 0.05) is 28.1 Å². The highest BCUT2D eigenvalue weighted by molar-refractivity contribution is 6.24. The minimum absolute atomic E-state index is 0.0752. The topological polar surface area (TPSA) is 80.1 Å². The molecule has 0 aliphatic heterocycles. The van der Waals surface area contributed by atoms with Crippen molar-refractivity contribution in [2.45, 2.75) is 6.92 Å². The van der Waals surface area contributed by atoms with E-state index in [9.17, 15) is 0 Å². The molecule has 0 aliphatic rings. The van der Waals surface area contributed by atoms with Crippen molar-refractivity contribution < 1.29 is 0 Å². The number of aromatic nitrogens is 2. The molecule has 7 aromatic carbocycles. The lowest BCUT2D eigenvalue weighted by molar-refractivity contribution is 1.08. The molecular formula is C48H37N5. The second-order valence-electron chi connectivity index (χ2n) is 12.9. The molecule has 5 heteroatoms. The number of nitrogens with zero attached hydrogens (tertiary/aromatic N) is 3. The van der Waals surface area contributed by atoms with Crippen molar-refractivity contribution >= 4 is 44.2 Å². The van der Waals surface area contributed by atoms with E-state index in [1.807, 2.05) is 72.8 Å². The van der Waals surface area contributed by atoms with Crippen molar-refractivity contribution in [2.24, 2.45) is 10.7 Å². The van der Waals surface area contributed by atoms with E-state index in [0.29, 0.717) is 17.2 Å². The van der Waals surface area contributed by atoms with Crippen LogP contribution in [0.1, 0.15) is 16.7 Å². The van der Waals surface area contributed by atoms with E-state index < -0.39 is 0 Å². The van der Waals surface area contributed by atoms with Crippen LogP contribution in [-0.4, -0.2) is 21.2 Å². The summed E-state index contributed by atoms with van der Waals surface area (Å²) in [5.41, 5.74) is 15.7. The van der Waals surface area contributed by atoms with Gasteiger partial charge in [-0.25, -0.2) is 9.98 Å². The van der Waals surface area contributed by atoms with Crippen molar-refractivity contribution in [2.75, 3.05) is 0 Å². The molecule has 0 amide bonds. The maximum absolute atomic E-state index is 8.85. The molecular weight excluding hydrogens is 647 g/mol. The Hall–Kier alpha value is -7.11. The normalized spacial score (nSPS) is 11.4. The van der Waals surface area contributed by atoms with Gasteiger partial charge in [-0.1, -0.05) is 163 Å². The molecule has 2 aromatic heterocycles. The highest BCUT2D eigenvalue weighted by Crippen LogP contribution is 2.42. The standard InChI is InChI=1S/C41H29N5.C7H8/c42-40(29-16-8-3-9-17-29)45-41(43)31-22-23-44-38(25-31)46-36-24-30(27-12-4-1-5-13-27)20-21-34(36)39-33-19-11-10-18-32(33)35(26-37(39)46)28-14-6-2-7-15-28;1-7-5-3-2-4-6-7/h1-26H,(H3,42,43,45);2-6H,1H3. The number of fused-ring (bicyclic) bond motifs is 5. The highest BCUT2D eigenvalue weighted by Gasteiger charge is 2.20. The molecule has 0 fully saturated rings. The minimum Gasteiger partial charge on any atom is -0.383 e. The fourth-order valence-electron chi connectivity index (χ4n) is 6.87. The molecule has 0 aliphatic carbocycles. The minimum atomic E-state index is 0.0752. The second-order valence-corrected chi connectivity index (χ2v) is 12.9. The lowest BCUT2D eigenvalue weighted by Gasteiger charge is -2.12. The van der Waals surface area contributed by atoms with E-state index in [2.05, 4.69) is 126 Å². The van der Waals surface area contributed by atoms with Gasteiger partial charge in [0.05, 0.1) is 11.0 Å². The summed E-state index contributed by atoms with van der Waals surface area (Å²) in [7, 11) is 0. The molecule has 5 nitrogen and oxygen atoms in total. The molecule has 9 rings (SSSR count). The summed E-state index contributed by atoms with van der Waals surface area (Å²) >= 11 is 0. The van der Waals surface area contributed by atoms with Crippen molar-refractivity contribution in [3.05, 3.63) is 205 Å². The number of hydrogen-bond acceptors (Lipinski definition) is 2. The zero-order chi connectivity index (χ0) is 36.1. The van der Waals surface area contributed by atoms with E-state index in [1.54, 1.807) is 6.20 Å². The first-order valence-corrected chi connectivity index (χ1v) is 17.6. The molecule has 2 heterocycles. The largest absolute Gasteiger partial charge is 0.383 e. The monoisotopic (exact) mass is 683 g/mol. The molecule has 254 valence electrons. The molecule has 0 radical (unpaired) electrons. The summed E-state index contributed by atoms with van der Waals surface area (Å²) in [6, 6.07) is 62.0. The highest BCUT2D eigenvalue weighted by atomic mass is 15.1. The van der Waals surface area contributed by atoms with Crippen LogP contribution in [0.2, 0.25) is 0 Å².